The monoisotopic (exact) mass is 534 g/mol. The van der Waals surface area contributed by atoms with Gasteiger partial charge in [-0.25, -0.2) is 10.0 Å². The van der Waals surface area contributed by atoms with Crippen molar-refractivity contribution in [2.45, 2.75) is 4.90 Å². The van der Waals surface area contributed by atoms with Crippen molar-refractivity contribution in [2.24, 2.45) is 0 Å². The van der Waals surface area contributed by atoms with E-state index < -0.39 is 0 Å². The maximum atomic E-state index is 15.0. The summed E-state index contributed by atoms with van der Waals surface area (Å²) in [4.78, 5) is 16.2. The van der Waals surface area contributed by atoms with E-state index >= 15 is 4.79 Å². The van der Waals surface area contributed by atoms with E-state index in [1.165, 1.54) is 4.90 Å². The molecule has 0 spiro atoms. The summed E-state index contributed by atoms with van der Waals surface area (Å²) in [5.74, 6) is 0.683. The smallest absolute Gasteiger partial charge is 0.267 e. The zero-order valence-electron chi connectivity index (χ0n) is 21.8. The van der Waals surface area contributed by atoms with Crippen molar-refractivity contribution < 1.29 is 4.79 Å². The molecule has 1 amide bonds. The number of thioether (sulfide) groups is 1. The second-order valence-electron chi connectivity index (χ2n) is 9.69. The molecule has 0 unspecified atom stereocenters. The summed E-state index contributed by atoms with van der Waals surface area (Å²) in [6, 6.07) is 49.3. The second-order valence-corrected chi connectivity index (χ2v) is 10.7. The molecule has 0 bridgehead atoms. The number of benzene rings is 5. The molecular weight excluding hydrogens is 508 g/mol. The third-order valence-corrected chi connectivity index (χ3v) is 8.40. The molecule has 2 heterocycles. The number of amides is 1. The van der Waals surface area contributed by atoms with E-state index in [4.69, 9.17) is 0 Å². The van der Waals surface area contributed by atoms with E-state index in [9.17, 15) is 0 Å². The molecule has 5 aromatic carbocycles. The van der Waals surface area contributed by atoms with Crippen LogP contribution in [0.4, 0.5) is 11.4 Å². The van der Waals surface area contributed by atoms with Crippen LogP contribution in [-0.2, 0) is 4.79 Å². The predicted octanol–water partition coefficient (Wildman–Crippen LogP) is 8.60. The van der Waals surface area contributed by atoms with Crippen molar-refractivity contribution >= 4 is 40.3 Å². The van der Waals surface area contributed by atoms with Crippen LogP contribution in [0.15, 0.2) is 162 Å². The number of carbonyl (C=O) groups is 1. The van der Waals surface area contributed by atoms with Crippen molar-refractivity contribution in [1.82, 2.24) is 5.01 Å². The van der Waals surface area contributed by atoms with Crippen molar-refractivity contribution in [2.75, 3.05) is 10.8 Å². The van der Waals surface area contributed by atoms with Crippen LogP contribution >= 0.6 is 11.8 Å². The predicted molar refractivity (Wildman–Crippen MR) is 165 cm³/mol. The summed E-state index contributed by atoms with van der Waals surface area (Å²) in [6.07, 6.45) is 0. The SMILES string of the molecule is O=C1C(=C(c2ccccc2)c2ccccc2)C2=C(c3ccccc3SC2)N1N(c1ccccc1)c1ccccc1. The lowest BCUT2D eigenvalue weighted by molar-refractivity contribution is -0.123. The van der Waals surface area contributed by atoms with Crippen LogP contribution in [0.3, 0.4) is 0 Å². The van der Waals surface area contributed by atoms with Crippen LogP contribution in [0.1, 0.15) is 16.7 Å². The molecule has 4 heteroatoms. The molecule has 2 aliphatic heterocycles. The van der Waals surface area contributed by atoms with Gasteiger partial charge < -0.3 is 0 Å². The average Bonchev–Trinajstić information content (AvgIpc) is 3.31. The summed E-state index contributed by atoms with van der Waals surface area (Å²) in [7, 11) is 0. The molecular formula is C36H26N2OS. The molecule has 0 aromatic heterocycles. The van der Waals surface area contributed by atoms with E-state index in [0.717, 1.165) is 50.5 Å². The highest BCUT2D eigenvalue weighted by Crippen LogP contribution is 2.50. The maximum Gasteiger partial charge on any atom is 0.278 e. The average molecular weight is 535 g/mol. The van der Waals surface area contributed by atoms with Gasteiger partial charge in [0, 0.05) is 27.4 Å². The highest BCUT2D eigenvalue weighted by atomic mass is 32.2. The number of nitrogens with zero attached hydrogens (tertiary/aromatic N) is 2. The number of para-hydroxylation sites is 2. The number of hydrogen-bond donors (Lipinski definition) is 0. The van der Waals surface area contributed by atoms with Gasteiger partial charge in [-0.1, -0.05) is 115 Å². The van der Waals surface area contributed by atoms with E-state index in [-0.39, 0.29) is 5.91 Å². The zero-order valence-corrected chi connectivity index (χ0v) is 22.6. The summed E-state index contributed by atoms with van der Waals surface area (Å²) in [6.45, 7) is 0. The lowest BCUT2D eigenvalue weighted by atomic mass is 9.89. The largest absolute Gasteiger partial charge is 0.278 e. The molecule has 2 aliphatic rings. The Kier molecular flexibility index (Phi) is 6.31. The van der Waals surface area contributed by atoms with Gasteiger partial charge in [-0.2, -0.15) is 0 Å². The Bertz CT molecular complexity index is 1670. The molecule has 0 atom stereocenters. The molecule has 7 rings (SSSR count). The molecule has 0 N–H and O–H groups in total. The number of anilines is 2. The first-order valence-electron chi connectivity index (χ1n) is 13.4. The van der Waals surface area contributed by atoms with Crippen LogP contribution in [0.25, 0.3) is 11.3 Å². The quantitative estimate of drug-likeness (QED) is 0.211. The fourth-order valence-corrected chi connectivity index (χ4v) is 6.65. The van der Waals surface area contributed by atoms with Crippen LogP contribution < -0.4 is 5.01 Å². The van der Waals surface area contributed by atoms with E-state index in [0.29, 0.717) is 5.75 Å². The summed E-state index contributed by atoms with van der Waals surface area (Å²) >= 11 is 1.79. The fraction of sp³-hybridized carbons (Fsp3) is 0.0278. The Morgan fingerprint density at radius 2 is 1.07 bits per heavy atom. The highest BCUT2D eigenvalue weighted by Gasteiger charge is 2.44. The summed E-state index contributed by atoms with van der Waals surface area (Å²) in [5, 5.41) is 3.96. The molecule has 0 saturated carbocycles. The van der Waals surface area contributed by atoms with E-state index in [1.807, 2.05) is 77.8 Å². The first kappa shape index (κ1) is 24.3. The first-order valence-corrected chi connectivity index (χ1v) is 14.4. The third kappa shape index (κ3) is 4.14. The van der Waals surface area contributed by atoms with Gasteiger partial charge in [0.05, 0.1) is 22.6 Å². The number of fused-ring (bicyclic) bond motifs is 2. The van der Waals surface area contributed by atoms with Crippen molar-refractivity contribution in [3.8, 4) is 0 Å². The topological polar surface area (TPSA) is 23.6 Å². The van der Waals surface area contributed by atoms with Crippen LogP contribution in [0, 0.1) is 0 Å². The Morgan fingerprint density at radius 1 is 0.600 bits per heavy atom. The second kappa shape index (κ2) is 10.4. The minimum absolute atomic E-state index is 0.0299. The van der Waals surface area contributed by atoms with E-state index in [1.54, 1.807) is 11.8 Å². The number of hydrazine groups is 1. The van der Waals surface area contributed by atoms with Crippen LogP contribution in [0.2, 0.25) is 0 Å². The van der Waals surface area contributed by atoms with Gasteiger partial charge in [0.25, 0.3) is 5.91 Å². The molecule has 5 aromatic rings. The maximum absolute atomic E-state index is 15.0. The Hall–Kier alpha value is -4.80. The van der Waals surface area contributed by atoms with Gasteiger partial charge >= 0.3 is 0 Å². The highest BCUT2D eigenvalue weighted by molar-refractivity contribution is 7.99. The molecule has 40 heavy (non-hydrogen) atoms. The Morgan fingerprint density at radius 3 is 1.62 bits per heavy atom. The molecule has 0 saturated heterocycles. The molecule has 3 nitrogen and oxygen atoms in total. The van der Waals surface area contributed by atoms with E-state index in [2.05, 4.69) is 77.8 Å². The van der Waals surface area contributed by atoms with Gasteiger partial charge in [-0.15, -0.1) is 11.8 Å². The number of rotatable bonds is 5. The van der Waals surface area contributed by atoms with Crippen LogP contribution in [0.5, 0.6) is 0 Å². The minimum Gasteiger partial charge on any atom is -0.267 e. The molecule has 0 fully saturated rings. The summed E-state index contributed by atoms with van der Waals surface area (Å²) in [5.41, 5.74) is 8.71. The van der Waals surface area contributed by atoms with Gasteiger partial charge in [-0.3, -0.25) is 4.79 Å². The first-order chi connectivity index (χ1) is 19.8. The Balaban J connectivity index is 1.56. The number of hydrogen-bond acceptors (Lipinski definition) is 3. The minimum atomic E-state index is -0.0299. The Labute approximate surface area is 238 Å². The van der Waals surface area contributed by atoms with Gasteiger partial charge in [-0.05, 0) is 41.5 Å². The standard InChI is InChI=1S/C36H26N2OS/c39-36-34(33(26-15-5-1-6-16-26)27-17-7-2-8-18-27)31-25-40-32-24-14-13-23-30(32)35(31)38(36)37(28-19-9-3-10-20-28)29-21-11-4-12-22-29/h1-24H,25H2. The lowest BCUT2D eigenvalue weighted by Gasteiger charge is -2.36. The summed E-state index contributed by atoms with van der Waals surface area (Å²) < 4.78 is 0. The molecule has 0 aliphatic carbocycles. The normalized spacial score (nSPS) is 14.2. The van der Waals surface area contributed by atoms with Crippen LogP contribution in [-0.4, -0.2) is 16.7 Å². The lowest BCUT2D eigenvalue weighted by Crippen LogP contribution is -2.40. The van der Waals surface area contributed by atoms with Gasteiger partial charge in [0.15, 0.2) is 0 Å². The molecule has 192 valence electrons. The van der Waals surface area contributed by atoms with Crippen molar-refractivity contribution in [3.63, 3.8) is 0 Å². The van der Waals surface area contributed by atoms with Gasteiger partial charge in [0.2, 0.25) is 0 Å². The number of carbonyl (C=O) groups excluding carboxylic acids is 1. The third-order valence-electron chi connectivity index (χ3n) is 7.30. The van der Waals surface area contributed by atoms with Gasteiger partial charge in [0.1, 0.15) is 0 Å². The molecule has 0 radical (unpaired) electrons. The fourth-order valence-electron chi connectivity index (χ4n) is 5.57. The van der Waals surface area contributed by atoms with Crippen molar-refractivity contribution in [1.29, 1.82) is 0 Å². The van der Waals surface area contributed by atoms with Crippen molar-refractivity contribution in [3.05, 3.63) is 173 Å². The zero-order chi connectivity index (χ0) is 26.9.